The molecule has 2 fully saturated rings. The van der Waals surface area contributed by atoms with E-state index in [-0.39, 0.29) is 11.8 Å². The zero-order valence-corrected chi connectivity index (χ0v) is 20.2. The van der Waals surface area contributed by atoms with E-state index < -0.39 is 0 Å². The highest BCUT2D eigenvalue weighted by Gasteiger charge is 2.34. The monoisotopic (exact) mass is 467 g/mol. The van der Waals surface area contributed by atoms with Crippen LogP contribution in [0.25, 0.3) is 21.5 Å². The number of hydrogen-bond acceptors (Lipinski definition) is 3. The van der Waals surface area contributed by atoms with E-state index in [4.69, 9.17) is 0 Å². The summed E-state index contributed by atoms with van der Waals surface area (Å²) in [5.41, 5.74) is 0.833. The molecule has 0 spiro atoms. The van der Waals surface area contributed by atoms with Gasteiger partial charge in [-0.3, -0.25) is 14.5 Å². The van der Waals surface area contributed by atoms with Crippen LogP contribution in [0, 0.1) is 5.92 Å². The van der Waals surface area contributed by atoms with Crippen molar-refractivity contribution in [1.29, 1.82) is 0 Å². The standard InChI is InChI=1S/C30H33N3O2/c34-29(31-15-5-6-16-31)24-10-7-17-33(21-24)25-13-18-32(19-14-25)30(35)28-26-11-3-1-8-22(26)20-23-9-2-4-12-27(23)28/h1-6,8-9,11-12,20,24-25H,7,10,13-19,21H2. The van der Waals surface area contributed by atoms with Crippen molar-refractivity contribution in [2.24, 2.45) is 5.92 Å². The lowest BCUT2D eigenvalue weighted by molar-refractivity contribution is -0.136. The lowest BCUT2D eigenvalue weighted by atomic mass is 9.92. The maximum Gasteiger partial charge on any atom is 0.255 e. The third-order valence-corrected chi connectivity index (χ3v) is 8.19. The fourth-order valence-electron chi connectivity index (χ4n) is 6.29. The second-order valence-electron chi connectivity index (χ2n) is 10.3. The molecule has 0 N–H and O–H groups in total. The Labute approximate surface area is 207 Å². The predicted molar refractivity (Wildman–Crippen MR) is 140 cm³/mol. The van der Waals surface area contributed by atoms with Gasteiger partial charge < -0.3 is 9.80 Å². The molecular weight excluding hydrogens is 434 g/mol. The van der Waals surface area contributed by atoms with Gasteiger partial charge in [-0.1, -0.05) is 60.7 Å². The summed E-state index contributed by atoms with van der Waals surface area (Å²) in [7, 11) is 0. The van der Waals surface area contributed by atoms with Crippen molar-refractivity contribution >= 4 is 33.4 Å². The van der Waals surface area contributed by atoms with Crippen LogP contribution in [0.1, 0.15) is 36.0 Å². The molecule has 180 valence electrons. The molecule has 0 saturated carbocycles. The van der Waals surface area contributed by atoms with Gasteiger partial charge in [0.1, 0.15) is 0 Å². The molecule has 5 nitrogen and oxygen atoms in total. The van der Waals surface area contributed by atoms with E-state index in [2.05, 4.69) is 47.4 Å². The molecule has 3 aromatic rings. The number of carbonyl (C=O) groups is 2. The number of piperidine rings is 2. The van der Waals surface area contributed by atoms with Crippen LogP contribution >= 0.6 is 0 Å². The summed E-state index contributed by atoms with van der Waals surface area (Å²) in [6, 6.07) is 19.1. The number of rotatable bonds is 3. The molecule has 35 heavy (non-hydrogen) atoms. The van der Waals surface area contributed by atoms with Gasteiger partial charge in [0.2, 0.25) is 5.91 Å². The minimum absolute atomic E-state index is 0.116. The van der Waals surface area contributed by atoms with Gasteiger partial charge in [-0.05, 0) is 59.8 Å². The molecule has 0 aliphatic carbocycles. The van der Waals surface area contributed by atoms with E-state index in [9.17, 15) is 9.59 Å². The van der Waals surface area contributed by atoms with Gasteiger partial charge in [0, 0.05) is 38.8 Å². The highest BCUT2D eigenvalue weighted by atomic mass is 16.2. The van der Waals surface area contributed by atoms with Crippen molar-refractivity contribution in [3.63, 3.8) is 0 Å². The van der Waals surface area contributed by atoms with Gasteiger partial charge in [0.15, 0.2) is 0 Å². The highest BCUT2D eigenvalue weighted by Crippen LogP contribution is 2.31. The summed E-state index contributed by atoms with van der Waals surface area (Å²) in [5, 5.41) is 4.29. The van der Waals surface area contributed by atoms with Crippen LogP contribution in [0.4, 0.5) is 0 Å². The SMILES string of the molecule is O=C(c1c2ccccc2cc2ccccc12)N1CCC(N2CCCC(C(=O)N3CC=CC3)C2)CC1. The summed E-state index contributed by atoms with van der Waals surface area (Å²) < 4.78 is 0. The van der Waals surface area contributed by atoms with Crippen LogP contribution in [-0.2, 0) is 4.79 Å². The summed E-state index contributed by atoms with van der Waals surface area (Å²) >= 11 is 0. The van der Waals surface area contributed by atoms with E-state index in [0.717, 1.165) is 92.1 Å². The van der Waals surface area contributed by atoms with Crippen LogP contribution in [0.2, 0.25) is 0 Å². The lowest BCUT2D eigenvalue weighted by Crippen LogP contribution is -2.51. The predicted octanol–water partition coefficient (Wildman–Crippen LogP) is 4.71. The Kier molecular flexibility index (Phi) is 6.03. The van der Waals surface area contributed by atoms with E-state index in [1.165, 1.54) is 0 Å². The second kappa shape index (κ2) is 9.46. The Morgan fingerprint density at radius 3 is 2.03 bits per heavy atom. The summed E-state index contributed by atoms with van der Waals surface area (Å²) in [6.07, 6.45) is 8.20. The molecule has 3 aliphatic rings. The first-order chi connectivity index (χ1) is 17.2. The molecular formula is C30H33N3O2. The zero-order chi connectivity index (χ0) is 23.8. The van der Waals surface area contributed by atoms with E-state index in [1.54, 1.807) is 0 Å². The number of benzene rings is 3. The van der Waals surface area contributed by atoms with Gasteiger partial charge in [-0.25, -0.2) is 0 Å². The maximum atomic E-state index is 13.9. The van der Waals surface area contributed by atoms with Gasteiger partial charge in [-0.15, -0.1) is 0 Å². The van der Waals surface area contributed by atoms with E-state index in [1.807, 2.05) is 34.1 Å². The third kappa shape index (κ3) is 4.23. The second-order valence-corrected chi connectivity index (χ2v) is 10.3. The first-order valence-electron chi connectivity index (χ1n) is 13.1. The van der Waals surface area contributed by atoms with Crippen LogP contribution in [0.3, 0.4) is 0 Å². The van der Waals surface area contributed by atoms with Gasteiger partial charge in [-0.2, -0.15) is 0 Å². The Balaban J connectivity index is 1.16. The average Bonchev–Trinajstić information content (AvgIpc) is 3.46. The van der Waals surface area contributed by atoms with E-state index in [0.29, 0.717) is 11.9 Å². The minimum atomic E-state index is 0.116. The lowest BCUT2D eigenvalue weighted by Gasteiger charge is -2.42. The molecule has 0 bridgehead atoms. The number of likely N-dealkylation sites (tertiary alicyclic amines) is 2. The highest BCUT2D eigenvalue weighted by molar-refractivity contribution is 6.18. The van der Waals surface area contributed by atoms with Crippen LogP contribution in [0.5, 0.6) is 0 Å². The fourth-order valence-corrected chi connectivity index (χ4v) is 6.29. The molecule has 2 saturated heterocycles. The molecule has 5 heteroatoms. The number of hydrogen-bond donors (Lipinski definition) is 0. The Bertz CT molecular complexity index is 1230. The normalized spacial score (nSPS) is 21.8. The van der Waals surface area contributed by atoms with Crippen molar-refractivity contribution < 1.29 is 9.59 Å². The van der Waals surface area contributed by atoms with Crippen LogP contribution < -0.4 is 0 Å². The fraction of sp³-hybridized carbons (Fsp3) is 0.400. The smallest absolute Gasteiger partial charge is 0.255 e. The molecule has 0 aromatic heterocycles. The largest absolute Gasteiger partial charge is 0.338 e. The molecule has 2 amide bonds. The number of amides is 2. The molecule has 0 radical (unpaired) electrons. The van der Waals surface area contributed by atoms with Crippen LogP contribution in [0.15, 0.2) is 66.7 Å². The van der Waals surface area contributed by atoms with Crippen molar-refractivity contribution in [1.82, 2.24) is 14.7 Å². The van der Waals surface area contributed by atoms with Crippen molar-refractivity contribution in [3.8, 4) is 0 Å². The quantitative estimate of drug-likeness (QED) is 0.414. The van der Waals surface area contributed by atoms with Gasteiger partial charge in [0.25, 0.3) is 5.91 Å². The molecule has 3 aromatic carbocycles. The third-order valence-electron chi connectivity index (χ3n) is 8.19. The first-order valence-corrected chi connectivity index (χ1v) is 13.1. The minimum Gasteiger partial charge on any atom is -0.338 e. The summed E-state index contributed by atoms with van der Waals surface area (Å²) in [5.74, 6) is 0.574. The van der Waals surface area contributed by atoms with Crippen molar-refractivity contribution in [3.05, 3.63) is 72.3 Å². The topological polar surface area (TPSA) is 43.9 Å². The first kappa shape index (κ1) is 22.3. The van der Waals surface area contributed by atoms with Gasteiger partial charge in [0.05, 0.1) is 11.5 Å². The molecule has 1 atom stereocenters. The van der Waals surface area contributed by atoms with Crippen molar-refractivity contribution in [2.75, 3.05) is 39.3 Å². The van der Waals surface area contributed by atoms with Crippen LogP contribution in [-0.4, -0.2) is 71.8 Å². The maximum absolute atomic E-state index is 13.9. The number of nitrogens with zero attached hydrogens (tertiary/aromatic N) is 3. The average molecular weight is 468 g/mol. The van der Waals surface area contributed by atoms with E-state index >= 15 is 0 Å². The summed E-state index contributed by atoms with van der Waals surface area (Å²) in [4.78, 5) is 33.4. The van der Waals surface area contributed by atoms with Crippen molar-refractivity contribution in [2.45, 2.75) is 31.7 Å². The molecule has 1 unspecified atom stereocenters. The number of fused-ring (bicyclic) bond motifs is 2. The Morgan fingerprint density at radius 2 is 1.37 bits per heavy atom. The molecule has 3 aliphatic heterocycles. The summed E-state index contributed by atoms with van der Waals surface area (Å²) in [6.45, 7) is 4.99. The Hall–Kier alpha value is -3.18. The van der Waals surface area contributed by atoms with Gasteiger partial charge >= 0.3 is 0 Å². The molecule has 6 rings (SSSR count). The number of carbonyl (C=O) groups excluding carboxylic acids is 2. The zero-order valence-electron chi connectivity index (χ0n) is 20.2. The molecule has 3 heterocycles. The Morgan fingerprint density at radius 1 is 0.743 bits per heavy atom.